The summed E-state index contributed by atoms with van der Waals surface area (Å²) in [7, 11) is 0. The van der Waals surface area contributed by atoms with Crippen molar-refractivity contribution in [1.29, 1.82) is 0 Å². The van der Waals surface area contributed by atoms with Gasteiger partial charge in [0.05, 0.1) is 31.1 Å². The van der Waals surface area contributed by atoms with Crippen LogP contribution in [0.5, 0.6) is 0 Å². The lowest BCUT2D eigenvalue weighted by atomic mass is 10.2. The number of rotatable bonds is 4. The standard InChI is InChI=1S/C20H20ClN5O3/c1-14-3-2-4-19-22-16(12-20(27)25(14)19)13-23-7-9-24(10-8-23)17-6-5-15(21)11-18(17)26(28)29/h2-6,11-12H,7-10,13H2,1H3/p+1. The molecule has 0 saturated carbocycles. The summed E-state index contributed by atoms with van der Waals surface area (Å²) in [6.07, 6.45) is 0. The van der Waals surface area contributed by atoms with Gasteiger partial charge in [0, 0.05) is 22.8 Å². The van der Waals surface area contributed by atoms with Crippen molar-refractivity contribution in [2.24, 2.45) is 0 Å². The van der Waals surface area contributed by atoms with Gasteiger partial charge in [-0.15, -0.1) is 0 Å². The lowest BCUT2D eigenvalue weighted by molar-refractivity contribution is -0.914. The normalized spacial score (nSPS) is 15.0. The first-order valence-electron chi connectivity index (χ1n) is 9.43. The van der Waals surface area contributed by atoms with E-state index in [1.165, 1.54) is 11.0 Å². The van der Waals surface area contributed by atoms with Crippen molar-refractivity contribution in [3.8, 4) is 0 Å². The van der Waals surface area contributed by atoms with E-state index in [1.807, 2.05) is 30.0 Å². The lowest BCUT2D eigenvalue weighted by Gasteiger charge is -2.33. The molecule has 9 heteroatoms. The third-order valence-electron chi connectivity index (χ3n) is 5.31. The van der Waals surface area contributed by atoms with Crippen molar-refractivity contribution in [3.63, 3.8) is 0 Å². The summed E-state index contributed by atoms with van der Waals surface area (Å²) in [5, 5.41) is 11.7. The molecule has 1 saturated heterocycles. The van der Waals surface area contributed by atoms with Gasteiger partial charge in [-0.2, -0.15) is 0 Å². The highest BCUT2D eigenvalue weighted by Crippen LogP contribution is 2.30. The van der Waals surface area contributed by atoms with E-state index in [-0.39, 0.29) is 11.2 Å². The molecule has 0 unspecified atom stereocenters. The number of nitrogens with zero attached hydrogens (tertiary/aromatic N) is 4. The number of aryl methyl sites for hydroxylation is 1. The SMILES string of the molecule is Cc1cccc2nc(C[NH+]3CCN(c4ccc(Cl)cc4[N+](=O)[O-])CC3)cc(=O)n12. The molecule has 0 aliphatic carbocycles. The van der Waals surface area contributed by atoms with Crippen LogP contribution in [0.15, 0.2) is 47.3 Å². The van der Waals surface area contributed by atoms with Gasteiger partial charge in [-0.3, -0.25) is 19.3 Å². The minimum absolute atomic E-state index is 0.0283. The fourth-order valence-electron chi connectivity index (χ4n) is 3.86. The molecule has 3 heterocycles. The quantitative estimate of drug-likeness (QED) is 0.516. The molecule has 3 aromatic rings. The van der Waals surface area contributed by atoms with Crippen molar-refractivity contribution >= 4 is 28.6 Å². The predicted molar refractivity (Wildman–Crippen MR) is 111 cm³/mol. The Morgan fingerprint density at radius 3 is 2.69 bits per heavy atom. The lowest BCUT2D eigenvalue weighted by Crippen LogP contribution is -3.13. The molecular weight excluding hydrogens is 394 g/mol. The Morgan fingerprint density at radius 1 is 1.21 bits per heavy atom. The second-order valence-corrected chi connectivity index (χ2v) is 7.69. The van der Waals surface area contributed by atoms with Gasteiger partial charge in [-0.1, -0.05) is 17.7 Å². The number of anilines is 1. The number of piperazine rings is 1. The van der Waals surface area contributed by atoms with Crippen LogP contribution in [-0.4, -0.2) is 40.5 Å². The molecule has 1 aromatic carbocycles. The number of nitro groups is 1. The summed E-state index contributed by atoms with van der Waals surface area (Å²) in [5.74, 6) is 0. The number of hydrogen-bond donors (Lipinski definition) is 1. The highest BCUT2D eigenvalue weighted by Gasteiger charge is 2.26. The van der Waals surface area contributed by atoms with Crippen LogP contribution in [0.1, 0.15) is 11.4 Å². The van der Waals surface area contributed by atoms with Crippen LogP contribution >= 0.6 is 11.6 Å². The number of nitro benzene ring substituents is 1. The zero-order valence-corrected chi connectivity index (χ0v) is 16.7. The second kappa shape index (κ2) is 7.81. The number of benzene rings is 1. The van der Waals surface area contributed by atoms with Crippen LogP contribution in [0, 0.1) is 17.0 Å². The van der Waals surface area contributed by atoms with Crippen LogP contribution in [0.2, 0.25) is 5.02 Å². The van der Waals surface area contributed by atoms with Gasteiger partial charge < -0.3 is 9.80 Å². The van der Waals surface area contributed by atoms with E-state index in [4.69, 9.17) is 11.6 Å². The molecule has 1 aliphatic heterocycles. The van der Waals surface area contributed by atoms with Gasteiger partial charge in [0.25, 0.3) is 11.2 Å². The maximum Gasteiger partial charge on any atom is 0.294 e. The third kappa shape index (κ3) is 3.94. The summed E-state index contributed by atoms with van der Waals surface area (Å²) >= 11 is 5.92. The molecule has 4 rings (SSSR count). The molecule has 2 aromatic heterocycles. The molecule has 0 radical (unpaired) electrons. The molecule has 29 heavy (non-hydrogen) atoms. The van der Waals surface area contributed by atoms with E-state index < -0.39 is 4.92 Å². The largest absolute Gasteiger partial charge is 0.355 e. The molecule has 0 bridgehead atoms. The third-order valence-corrected chi connectivity index (χ3v) is 5.54. The first-order valence-corrected chi connectivity index (χ1v) is 9.81. The van der Waals surface area contributed by atoms with E-state index in [9.17, 15) is 14.9 Å². The molecule has 0 amide bonds. The summed E-state index contributed by atoms with van der Waals surface area (Å²) in [6.45, 7) is 5.50. The topological polar surface area (TPSA) is 85.2 Å². The van der Waals surface area contributed by atoms with Crippen molar-refractivity contribution in [2.75, 3.05) is 31.1 Å². The van der Waals surface area contributed by atoms with Crippen LogP contribution in [0.25, 0.3) is 5.65 Å². The Kier molecular flexibility index (Phi) is 5.21. The average Bonchev–Trinajstić information content (AvgIpc) is 2.68. The maximum atomic E-state index is 12.5. The summed E-state index contributed by atoms with van der Waals surface area (Å²) in [4.78, 5) is 31.4. The number of halogens is 1. The van der Waals surface area contributed by atoms with Gasteiger partial charge >= 0.3 is 0 Å². The Morgan fingerprint density at radius 2 is 1.97 bits per heavy atom. The minimum atomic E-state index is -0.394. The van der Waals surface area contributed by atoms with Crippen molar-refractivity contribution in [1.82, 2.24) is 9.38 Å². The monoisotopic (exact) mass is 414 g/mol. The van der Waals surface area contributed by atoms with Crippen molar-refractivity contribution < 1.29 is 9.82 Å². The zero-order chi connectivity index (χ0) is 20.5. The van der Waals surface area contributed by atoms with Gasteiger partial charge in [0.2, 0.25) is 0 Å². The molecular formula is C20H21ClN5O3+. The Hall–Kier alpha value is -2.97. The predicted octanol–water partition coefficient (Wildman–Crippen LogP) is 1.47. The van der Waals surface area contributed by atoms with Crippen LogP contribution in [0.4, 0.5) is 11.4 Å². The molecule has 0 atom stereocenters. The summed E-state index contributed by atoms with van der Waals surface area (Å²) in [5.41, 5.74) is 2.83. The highest BCUT2D eigenvalue weighted by atomic mass is 35.5. The van der Waals surface area contributed by atoms with E-state index in [0.29, 0.717) is 36.0 Å². The first kappa shape index (κ1) is 19.4. The summed E-state index contributed by atoms with van der Waals surface area (Å²) in [6, 6.07) is 12.0. The Bertz CT molecular complexity index is 1140. The van der Waals surface area contributed by atoms with Crippen LogP contribution in [-0.2, 0) is 6.54 Å². The van der Waals surface area contributed by atoms with Crippen molar-refractivity contribution in [3.05, 3.63) is 79.3 Å². The fraction of sp³-hybridized carbons (Fsp3) is 0.300. The Balaban J connectivity index is 1.48. The zero-order valence-electron chi connectivity index (χ0n) is 16.0. The molecule has 1 N–H and O–H groups in total. The minimum Gasteiger partial charge on any atom is -0.355 e. The molecule has 8 nitrogen and oxygen atoms in total. The summed E-state index contributed by atoms with van der Waals surface area (Å²) < 4.78 is 1.61. The number of hydrogen-bond acceptors (Lipinski definition) is 5. The number of quaternary nitrogens is 1. The second-order valence-electron chi connectivity index (χ2n) is 7.25. The van der Waals surface area contributed by atoms with Crippen LogP contribution < -0.4 is 15.4 Å². The molecule has 150 valence electrons. The van der Waals surface area contributed by atoms with E-state index in [2.05, 4.69) is 4.98 Å². The van der Waals surface area contributed by atoms with E-state index in [1.54, 1.807) is 22.6 Å². The molecule has 1 fully saturated rings. The van der Waals surface area contributed by atoms with E-state index >= 15 is 0 Å². The average molecular weight is 415 g/mol. The number of pyridine rings is 1. The van der Waals surface area contributed by atoms with Crippen LogP contribution in [0.3, 0.4) is 0 Å². The van der Waals surface area contributed by atoms with E-state index in [0.717, 1.165) is 24.5 Å². The van der Waals surface area contributed by atoms with Gasteiger partial charge in [-0.25, -0.2) is 4.98 Å². The molecule has 0 spiro atoms. The highest BCUT2D eigenvalue weighted by molar-refractivity contribution is 6.30. The first-order chi connectivity index (χ1) is 13.9. The number of nitrogens with one attached hydrogen (secondary N) is 1. The fourth-order valence-corrected chi connectivity index (χ4v) is 4.03. The van der Waals surface area contributed by atoms with Gasteiger partial charge in [0.1, 0.15) is 23.6 Å². The van der Waals surface area contributed by atoms with Gasteiger partial charge in [0.15, 0.2) is 0 Å². The van der Waals surface area contributed by atoms with Gasteiger partial charge in [-0.05, 0) is 31.2 Å². The number of aromatic nitrogens is 2. The molecule has 1 aliphatic rings. The number of fused-ring (bicyclic) bond motifs is 1. The van der Waals surface area contributed by atoms with Crippen molar-refractivity contribution in [2.45, 2.75) is 13.5 Å². The smallest absolute Gasteiger partial charge is 0.294 e. The Labute approximate surface area is 172 Å². The maximum absolute atomic E-state index is 12.5.